The van der Waals surface area contributed by atoms with E-state index in [1.54, 1.807) is 29.2 Å². The molecule has 2 aromatic carbocycles. The number of carbonyl (C=O) groups excluding carboxylic acids is 1. The van der Waals surface area contributed by atoms with Gasteiger partial charge in [-0.2, -0.15) is 13.2 Å². The summed E-state index contributed by atoms with van der Waals surface area (Å²) in [6.45, 7) is 2.82. The molecule has 2 heterocycles. The highest BCUT2D eigenvalue weighted by Gasteiger charge is 2.33. The normalized spacial score (nSPS) is 20.3. The summed E-state index contributed by atoms with van der Waals surface area (Å²) in [7, 11) is 2.04. The number of benzene rings is 2. The maximum absolute atomic E-state index is 12.9. The number of piperidine rings is 2. The molecular formula is C25H29F3N2O2. The van der Waals surface area contributed by atoms with Crippen LogP contribution in [-0.4, -0.2) is 54.0 Å². The van der Waals surface area contributed by atoms with Crippen molar-refractivity contribution in [3.05, 3.63) is 70.8 Å². The quantitative estimate of drug-likeness (QED) is 0.747. The van der Waals surface area contributed by atoms with Gasteiger partial charge in [-0.25, -0.2) is 0 Å². The molecule has 0 unspecified atom stereocenters. The summed E-state index contributed by atoms with van der Waals surface area (Å²) >= 11 is 0. The summed E-state index contributed by atoms with van der Waals surface area (Å²) in [4.78, 5) is 16.9. The van der Waals surface area contributed by atoms with Crippen LogP contribution in [0.1, 0.15) is 58.6 Å². The minimum absolute atomic E-state index is 0.0437. The van der Waals surface area contributed by atoms with Crippen LogP contribution in [0.4, 0.5) is 13.2 Å². The van der Waals surface area contributed by atoms with E-state index in [0.717, 1.165) is 49.2 Å². The molecule has 0 aliphatic carbocycles. The van der Waals surface area contributed by atoms with Crippen molar-refractivity contribution in [2.75, 3.05) is 33.2 Å². The van der Waals surface area contributed by atoms with Gasteiger partial charge in [-0.3, -0.25) is 4.79 Å². The lowest BCUT2D eigenvalue weighted by Gasteiger charge is -2.37. The smallest absolute Gasteiger partial charge is 0.385 e. The van der Waals surface area contributed by atoms with Crippen molar-refractivity contribution in [1.82, 2.24) is 9.80 Å². The fourth-order valence-electron chi connectivity index (χ4n) is 4.74. The molecule has 0 bridgehead atoms. The van der Waals surface area contributed by atoms with Gasteiger partial charge in [0.05, 0.1) is 11.2 Å². The third-order valence-corrected chi connectivity index (χ3v) is 6.97. The van der Waals surface area contributed by atoms with Gasteiger partial charge in [0, 0.05) is 31.7 Å². The SMILES string of the molecule is CN1CCC(O)(c2ccc(C(=O)N3CCC(c4ccc(C(F)(F)F)cc4)CC3)cc2)CC1. The van der Waals surface area contributed by atoms with Crippen LogP contribution in [0.3, 0.4) is 0 Å². The number of likely N-dealkylation sites (tertiary alicyclic amines) is 2. The summed E-state index contributed by atoms with van der Waals surface area (Å²) in [6.07, 6.45) is -1.53. The number of halogens is 3. The average Bonchev–Trinajstić information content (AvgIpc) is 2.80. The first-order chi connectivity index (χ1) is 15.2. The van der Waals surface area contributed by atoms with E-state index < -0.39 is 17.3 Å². The predicted octanol–water partition coefficient (Wildman–Crippen LogP) is 4.64. The van der Waals surface area contributed by atoms with E-state index in [9.17, 15) is 23.1 Å². The van der Waals surface area contributed by atoms with Crippen LogP contribution in [0.15, 0.2) is 48.5 Å². The van der Waals surface area contributed by atoms with E-state index in [2.05, 4.69) is 4.90 Å². The lowest BCUT2D eigenvalue weighted by Crippen LogP contribution is -2.40. The average molecular weight is 447 g/mol. The van der Waals surface area contributed by atoms with E-state index in [0.29, 0.717) is 31.5 Å². The molecule has 2 saturated heterocycles. The highest BCUT2D eigenvalue weighted by molar-refractivity contribution is 5.94. The zero-order valence-electron chi connectivity index (χ0n) is 18.2. The Morgan fingerprint density at radius 3 is 2.03 bits per heavy atom. The molecule has 2 aliphatic rings. The Morgan fingerprint density at radius 1 is 0.938 bits per heavy atom. The fourth-order valence-corrected chi connectivity index (χ4v) is 4.74. The predicted molar refractivity (Wildman–Crippen MR) is 116 cm³/mol. The Kier molecular flexibility index (Phi) is 6.32. The first kappa shape index (κ1) is 22.8. The molecule has 0 saturated carbocycles. The molecule has 2 aromatic rings. The number of rotatable bonds is 3. The Bertz CT molecular complexity index is 925. The van der Waals surface area contributed by atoms with Crippen molar-refractivity contribution < 1.29 is 23.1 Å². The summed E-state index contributed by atoms with van der Waals surface area (Å²) < 4.78 is 38.3. The van der Waals surface area contributed by atoms with Gasteiger partial charge >= 0.3 is 6.18 Å². The number of hydrogen-bond acceptors (Lipinski definition) is 3. The lowest BCUT2D eigenvalue weighted by atomic mass is 9.84. The standard InChI is InChI=1S/C25H29F3N2O2/c1-29-16-12-24(32,13-17-29)21-6-4-20(5-7-21)23(31)30-14-10-19(11-15-30)18-2-8-22(9-3-18)25(26,27)28/h2-9,19,32H,10-17H2,1H3. The Balaban J connectivity index is 1.35. The van der Waals surface area contributed by atoms with Gasteiger partial charge in [0.2, 0.25) is 0 Å². The second kappa shape index (κ2) is 8.87. The maximum Gasteiger partial charge on any atom is 0.416 e. The van der Waals surface area contributed by atoms with Gasteiger partial charge in [0.25, 0.3) is 5.91 Å². The highest BCUT2D eigenvalue weighted by atomic mass is 19.4. The first-order valence-electron chi connectivity index (χ1n) is 11.1. The Morgan fingerprint density at radius 2 is 1.50 bits per heavy atom. The fraction of sp³-hybridized carbons (Fsp3) is 0.480. The van der Waals surface area contributed by atoms with Crippen LogP contribution in [-0.2, 0) is 11.8 Å². The maximum atomic E-state index is 12.9. The van der Waals surface area contributed by atoms with Crippen LogP contribution < -0.4 is 0 Å². The number of aliphatic hydroxyl groups is 1. The van der Waals surface area contributed by atoms with Crippen LogP contribution >= 0.6 is 0 Å². The van der Waals surface area contributed by atoms with E-state index in [1.165, 1.54) is 0 Å². The molecule has 0 radical (unpaired) electrons. The molecule has 0 spiro atoms. The minimum Gasteiger partial charge on any atom is -0.385 e. The molecule has 172 valence electrons. The topological polar surface area (TPSA) is 43.8 Å². The molecule has 4 rings (SSSR count). The van der Waals surface area contributed by atoms with Crippen molar-refractivity contribution in [3.63, 3.8) is 0 Å². The molecule has 2 fully saturated rings. The van der Waals surface area contributed by atoms with Gasteiger partial charge in [0.1, 0.15) is 0 Å². The second-order valence-corrected chi connectivity index (χ2v) is 9.10. The van der Waals surface area contributed by atoms with Crippen LogP contribution in [0.5, 0.6) is 0 Å². The van der Waals surface area contributed by atoms with Gasteiger partial charge in [0.15, 0.2) is 0 Å². The zero-order valence-corrected chi connectivity index (χ0v) is 18.2. The molecule has 2 aliphatic heterocycles. The Hall–Kier alpha value is -2.38. The molecule has 1 amide bonds. The minimum atomic E-state index is -4.33. The van der Waals surface area contributed by atoms with Gasteiger partial charge < -0.3 is 14.9 Å². The van der Waals surface area contributed by atoms with Crippen molar-refractivity contribution in [1.29, 1.82) is 0 Å². The van der Waals surface area contributed by atoms with E-state index in [1.807, 2.05) is 19.2 Å². The molecular weight excluding hydrogens is 417 g/mol. The van der Waals surface area contributed by atoms with E-state index in [-0.39, 0.29) is 11.8 Å². The summed E-state index contributed by atoms with van der Waals surface area (Å²) in [5.41, 5.74) is 0.859. The number of amides is 1. The van der Waals surface area contributed by atoms with Crippen molar-refractivity contribution >= 4 is 5.91 Å². The van der Waals surface area contributed by atoms with Gasteiger partial charge in [-0.05, 0) is 74.0 Å². The number of nitrogens with zero attached hydrogens (tertiary/aromatic N) is 2. The van der Waals surface area contributed by atoms with Crippen LogP contribution in [0, 0.1) is 0 Å². The van der Waals surface area contributed by atoms with Gasteiger partial charge in [-0.15, -0.1) is 0 Å². The van der Waals surface area contributed by atoms with Crippen LogP contribution in [0.2, 0.25) is 0 Å². The zero-order chi connectivity index (χ0) is 22.9. The van der Waals surface area contributed by atoms with Crippen molar-refractivity contribution in [2.45, 2.75) is 43.4 Å². The second-order valence-electron chi connectivity index (χ2n) is 9.10. The first-order valence-corrected chi connectivity index (χ1v) is 11.1. The summed E-state index contributed by atoms with van der Waals surface area (Å²) in [6, 6.07) is 12.7. The van der Waals surface area contributed by atoms with Gasteiger partial charge in [-0.1, -0.05) is 24.3 Å². The molecule has 0 aromatic heterocycles. The number of alkyl halides is 3. The monoisotopic (exact) mass is 446 g/mol. The molecule has 1 N–H and O–H groups in total. The summed E-state index contributed by atoms with van der Waals surface area (Å²) in [5.74, 6) is 0.111. The molecule has 7 heteroatoms. The number of carbonyl (C=O) groups is 1. The van der Waals surface area contributed by atoms with Crippen molar-refractivity contribution in [2.24, 2.45) is 0 Å². The summed E-state index contributed by atoms with van der Waals surface area (Å²) in [5, 5.41) is 11.0. The Labute approximate surface area is 186 Å². The largest absolute Gasteiger partial charge is 0.416 e. The third kappa shape index (κ3) is 4.84. The molecule has 32 heavy (non-hydrogen) atoms. The molecule has 0 atom stereocenters. The van der Waals surface area contributed by atoms with Crippen LogP contribution in [0.25, 0.3) is 0 Å². The van der Waals surface area contributed by atoms with E-state index >= 15 is 0 Å². The van der Waals surface area contributed by atoms with E-state index in [4.69, 9.17) is 0 Å². The number of hydrogen-bond donors (Lipinski definition) is 1. The lowest BCUT2D eigenvalue weighted by molar-refractivity contribution is -0.137. The molecule has 4 nitrogen and oxygen atoms in total. The third-order valence-electron chi connectivity index (χ3n) is 6.97. The van der Waals surface area contributed by atoms with Crippen molar-refractivity contribution in [3.8, 4) is 0 Å². The highest BCUT2D eigenvalue weighted by Crippen LogP contribution is 2.34.